The van der Waals surface area contributed by atoms with Crippen LogP contribution in [0, 0.1) is 0 Å². The maximum absolute atomic E-state index is 11.8. The Bertz CT molecular complexity index is 490. The van der Waals surface area contributed by atoms with Crippen LogP contribution in [0.4, 0.5) is 0 Å². The van der Waals surface area contributed by atoms with Crippen molar-refractivity contribution in [3.8, 4) is 11.5 Å². The van der Waals surface area contributed by atoms with Crippen molar-refractivity contribution in [2.75, 3.05) is 26.3 Å². The van der Waals surface area contributed by atoms with E-state index in [0.717, 1.165) is 42.9 Å². The minimum Gasteiger partial charge on any atom is -0.486 e. The van der Waals surface area contributed by atoms with Gasteiger partial charge in [0.2, 0.25) is 5.91 Å². The summed E-state index contributed by atoms with van der Waals surface area (Å²) in [6.45, 7) is 2.80. The molecule has 1 saturated heterocycles. The third kappa shape index (κ3) is 4.02. The van der Waals surface area contributed by atoms with Crippen LogP contribution in [0.15, 0.2) is 18.2 Å². The lowest BCUT2D eigenvalue weighted by Gasteiger charge is -2.19. The summed E-state index contributed by atoms with van der Waals surface area (Å²) >= 11 is 0. The second kappa shape index (κ2) is 7.52. The Morgan fingerprint density at radius 1 is 1.29 bits per heavy atom. The van der Waals surface area contributed by atoms with Gasteiger partial charge in [-0.2, -0.15) is 0 Å². The topological polar surface area (TPSA) is 59.6 Å². The summed E-state index contributed by atoms with van der Waals surface area (Å²) in [5.41, 5.74) is 1.15. The van der Waals surface area contributed by atoms with Crippen molar-refractivity contribution in [1.82, 2.24) is 10.6 Å². The van der Waals surface area contributed by atoms with Gasteiger partial charge in [0.25, 0.3) is 0 Å². The van der Waals surface area contributed by atoms with Crippen molar-refractivity contribution in [1.29, 1.82) is 0 Å². The highest BCUT2D eigenvalue weighted by Gasteiger charge is 2.21. The Hall–Kier alpha value is -1.46. The molecule has 0 spiro atoms. The number of fused-ring (bicyclic) bond motifs is 1. The van der Waals surface area contributed by atoms with E-state index in [9.17, 15) is 4.79 Å². The van der Waals surface area contributed by atoms with Gasteiger partial charge in [0.15, 0.2) is 11.5 Å². The van der Waals surface area contributed by atoms with Gasteiger partial charge in [-0.1, -0.05) is 6.07 Å². The molecule has 6 heteroatoms. The van der Waals surface area contributed by atoms with Gasteiger partial charge in [-0.3, -0.25) is 4.79 Å². The second-order valence-electron chi connectivity index (χ2n) is 5.17. The third-order valence-corrected chi connectivity index (χ3v) is 3.70. The summed E-state index contributed by atoms with van der Waals surface area (Å²) in [4.78, 5) is 11.8. The SMILES string of the molecule is Cl.O=C(NCCc1ccc2c(c1)OCCO2)[C@@H]1CCCN1. The fourth-order valence-electron chi connectivity index (χ4n) is 2.60. The number of amides is 1. The zero-order valence-electron chi connectivity index (χ0n) is 11.9. The maximum Gasteiger partial charge on any atom is 0.237 e. The highest BCUT2D eigenvalue weighted by Crippen LogP contribution is 2.30. The van der Waals surface area contributed by atoms with E-state index in [-0.39, 0.29) is 24.4 Å². The van der Waals surface area contributed by atoms with Crippen LogP contribution in [0.25, 0.3) is 0 Å². The molecule has 1 amide bonds. The minimum absolute atomic E-state index is 0. The van der Waals surface area contributed by atoms with Gasteiger partial charge in [0.05, 0.1) is 6.04 Å². The van der Waals surface area contributed by atoms with Crippen LogP contribution in [0.1, 0.15) is 18.4 Å². The third-order valence-electron chi connectivity index (χ3n) is 3.70. The van der Waals surface area contributed by atoms with Crippen molar-refractivity contribution in [3.63, 3.8) is 0 Å². The van der Waals surface area contributed by atoms with Crippen LogP contribution in [-0.2, 0) is 11.2 Å². The van der Waals surface area contributed by atoms with Crippen LogP contribution in [0.5, 0.6) is 11.5 Å². The minimum atomic E-state index is -0.00438. The molecule has 21 heavy (non-hydrogen) atoms. The Balaban J connectivity index is 0.00000161. The first-order valence-electron chi connectivity index (χ1n) is 7.22. The Kier molecular flexibility index (Phi) is 5.70. The first-order chi connectivity index (χ1) is 9.83. The fraction of sp³-hybridized carbons (Fsp3) is 0.533. The van der Waals surface area contributed by atoms with Crippen molar-refractivity contribution >= 4 is 18.3 Å². The Morgan fingerprint density at radius 2 is 2.10 bits per heavy atom. The molecule has 0 saturated carbocycles. The van der Waals surface area contributed by atoms with Crippen LogP contribution < -0.4 is 20.1 Å². The highest BCUT2D eigenvalue weighted by molar-refractivity contribution is 5.85. The number of hydrogen-bond donors (Lipinski definition) is 2. The molecular formula is C15H21ClN2O3. The lowest BCUT2D eigenvalue weighted by atomic mass is 10.1. The van der Waals surface area contributed by atoms with Gasteiger partial charge in [0, 0.05) is 6.54 Å². The summed E-state index contributed by atoms with van der Waals surface area (Å²) in [6.07, 6.45) is 2.82. The van der Waals surface area contributed by atoms with E-state index in [0.29, 0.717) is 19.8 Å². The van der Waals surface area contributed by atoms with E-state index in [2.05, 4.69) is 10.6 Å². The molecule has 2 aliphatic heterocycles. The van der Waals surface area contributed by atoms with Crippen LogP contribution in [-0.4, -0.2) is 38.3 Å². The molecule has 0 aromatic heterocycles. The molecule has 1 fully saturated rings. The number of carbonyl (C=O) groups excluding carboxylic acids is 1. The summed E-state index contributed by atoms with van der Waals surface area (Å²) in [5, 5.41) is 6.18. The average molecular weight is 313 g/mol. The van der Waals surface area contributed by atoms with E-state index in [1.165, 1.54) is 0 Å². The van der Waals surface area contributed by atoms with Crippen LogP contribution in [0.3, 0.4) is 0 Å². The molecular weight excluding hydrogens is 292 g/mol. The lowest BCUT2D eigenvalue weighted by Crippen LogP contribution is -2.41. The molecule has 1 aromatic carbocycles. The zero-order valence-corrected chi connectivity index (χ0v) is 12.7. The molecule has 0 bridgehead atoms. The van der Waals surface area contributed by atoms with E-state index < -0.39 is 0 Å². The second-order valence-corrected chi connectivity index (χ2v) is 5.17. The summed E-state index contributed by atoms with van der Waals surface area (Å²) in [5.74, 6) is 1.72. The first kappa shape index (κ1) is 15.9. The van der Waals surface area contributed by atoms with Gasteiger partial charge in [-0.05, 0) is 43.5 Å². The van der Waals surface area contributed by atoms with Gasteiger partial charge in [0.1, 0.15) is 13.2 Å². The predicted octanol–water partition coefficient (Wildman–Crippen LogP) is 1.29. The Labute approximate surface area is 130 Å². The first-order valence-corrected chi connectivity index (χ1v) is 7.22. The number of carbonyl (C=O) groups is 1. The highest BCUT2D eigenvalue weighted by atomic mass is 35.5. The smallest absolute Gasteiger partial charge is 0.237 e. The molecule has 3 rings (SSSR count). The van der Waals surface area contributed by atoms with Gasteiger partial charge in [-0.15, -0.1) is 12.4 Å². The van der Waals surface area contributed by atoms with Crippen LogP contribution in [0.2, 0.25) is 0 Å². The molecule has 5 nitrogen and oxygen atoms in total. The van der Waals surface area contributed by atoms with Crippen molar-refractivity contribution in [3.05, 3.63) is 23.8 Å². The van der Waals surface area contributed by atoms with Gasteiger partial charge < -0.3 is 20.1 Å². The lowest BCUT2D eigenvalue weighted by molar-refractivity contribution is -0.122. The molecule has 1 atom stereocenters. The van der Waals surface area contributed by atoms with E-state index in [1.807, 2.05) is 18.2 Å². The van der Waals surface area contributed by atoms with Crippen molar-refractivity contribution in [2.45, 2.75) is 25.3 Å². The normalized spacial score (nSPS) is 19.7. The van der Waals surface area contributed by atoms with Crippen molar-refractivity contribution < 1.29 is 14.3 Å². The van der Waals surface area contributed by atoms with Gasteiger partial charge in [-0.25, -0.2) is 0 Å². The zero-order chi connectivity index (χ0) is 13.8. The number of nitrogens with one attached hydrogen (secondary N) is 2. The molecule has 116 valence electrons. The molecule has 0 radical (unpaired) electrons. The molecule has 0 aliphatic carbocycles. The van der Waals surface area contributed by atoms with E-state index >= 15 is 0 Å². The molecule has 2 heterocycles. The molecule has 0 unspecified atom stereocenters. The Morgan fingerprint density at radius 3 is 2.86 bits per heavy atom. The van der Waals surface area contributed by atoms with Gasteiger partial charge >= 0.3 is 0 Å². The summed E-state index contributed by atoms with van der Waals surface area (Å²) < 4.78 is 11.0. The van der Waals surface area contributed by atoms with E-state index in [1.54, 1.807) is 0 Å². The monoisotopic (exact) mass is 312 g/mol. The predicted molar refractivity (Wildman–Crippen MR) is 82.4 cm³/mol. The largest absolute Gasteiger partial charge is 0.486 e. The number of rotatable bonds is 4. The number of benzene rings is 1. The maximum atomic E-state index is 11.8. The van der Waals surface area contributed by atoms with Crippen molar-refractivity contribution in [2.24, 2.45) is 0 Å². The average Bonchev–Trinajstić information content (AvgIpc) is 3.01. The number of ether oxygens (including phenoxy) is 2. The number of halogens is 1. The molecule has 2 N–H and O–H groups in total. The molecule has 2 aliphatic rings. The van der Waals surface area contributed by atoms with Crippen LogP contribution >= 0.6 is 12.4 Å². The fourth-order valence-corrected chi connectivity index (χ4v) is 2.60. The molecule has 1 aromatic rings. The number of hydrogen-bond acceptors (Lipinski definition) is 4. The standard InChI is InChI=1S/C15H20N2O3.ClH/c18-15(12-2-1-6-16-12)17-7-5-11-3-4-13-14(10-11)20-9-8-19-13;/h3-4,10,12,16H,1-2,5-9H2,(H,17,18);1H/t12-;/m0./s1. The summed E-state index contributed by atoms with van der Waals surface area (Å²) in [6, 6.07) is 5.95. The van der Waals surface area contributed by atoms with E-state index in [4.69, 9.17) is 9.47 Å². The summed E-state index contributed by atoms with van der Waals surface area (Å²) in [7, 11) is 0. The quantitative estimate of drug-likeness (QED) is 0.879.